The number of carbonyl (C=O) groups is 3. The second-order valence-electron chi connectivity index (χ2n) is 9.01. The first-order valence-electron chi connectivity index (χ1n) is 12.5. The number of nitriles is 1. The molecule has 3 aromatic rings. The van der Waals surface area contributed by atoms with Crippen LogP contribution in [-0.4, -0.2) is 41.7 Å². The zero-order valence-corrected chi connectivity index (χ0v) is 23.7. The fourth-order valence-corrected chi connectivity index (χ4v) is 4.61. The maximum atomic E-state index is 13.1. The smallest absolute Gasteiger partial charge is 0.414 e. The molecule has 0 aliphatic carbocycles. The van der Waals surface area contributed by atoms with Crippen LogP contribution in [0.2, 0.25) is 10.0 Å². The van der Waals surface area contributed by atoms with Gasteiger partial charge in [0.25, 0.3) is 11.8 Å². The molecule has 1 aliphatic heterocycles. The van der Waals surface area contributed by atoms with Crippen LogP contribution in [0.1, 0.15) is 34.0 Å². The topological polar surface area (TPSA) is 133 Å². The predicted octanol–water partition coefficient (Wildman–Crippen LogP) is 5.86. The number of nitrogens with one attached hydrogen (secondary N) is 2. The Morgan fingerprint density at radius 1 is 1.10 bits per heavy atom. The van der Waals surface area contributed by atoms with E-state index in [1.54, 1.807) is 31.2 Å². The summed E-state index contributed by atoms with van der Waals surface area (Å²) in [4.78, 5) is 38.4. The van der Waals surface area contributed by atoms with Gasteiger partial charge in [-0.3, -0.25) is 20.3 Å². The molecule has 2 N–H and O–H groups in total. The second kappa shape index (κ2) is 13.2. The number of rotatable bonds is 8. The van der Waals surface area contributed by atoms with E-state index in [-0.39, 0.29) is 34.0 Å². The number of carbonyl (C=O) groups excluding carboxylic acids is 3. The predicted molar refractivity (Wildman–Crippen MR) is 154 cm³/mol. The monoisotopic (exact) mass is 593 g/mol. The number of hydrogen-bond donors (Lipinski definition) is 2. The van der Waals surface area contributed by atoms with Gasteiger partial charge in [0.1, 0.15) is 11.8 Å². The third-order valence-electron chi connectivity index (χ3n) is 6.07. The number of imide groups is 1. The van der Waals surface area contributed by atoms with Crippen LogP contribution in [0.5, 0.6) is 11.5 Å². The van der Waals surface area contributed by atoms with Crippen molar-refractivity contribution in [2.75, 3.05) is 18.6 Å². The minimum absolute atomic E-state index is 0.0434. The van der Waals surface area contributed by atoms with Gasteiger partial charge in [0.2, 0.25) is 5.71 Å². The molecule has 0 radical (unpaired) electrons. The quantitative estimate of drug-likeness (QED) is 0.247. The largest absolute Gasteiger partial charge is 0.454 e. The van der Waals surface area contributed by atoms with Gasteiger partial charge in [0.15, 0.2) is 5.75 Å². The van der Waals surface area contributed by atoms with Crippen LogP contribution < -0.4 is 15.5 Å². The van der Waals surface area contributed by atoms with Crippen molar-refractivity contribution in [3.8, 4) is 17.6 Å². The third-order valence-corrected chi connectivity index (χ3v) is 6.63. The number of anilines is 1. The highest BCUT2D eigenvalue weighted by atomic mass is 35.5. The Kier molecular flexibility index (Phi) is 9.45. The average Bonchev–Trinajstić information content (AvgIpc) is 2.94. The molecule has 3 aromatic carbocycles. The first kappa shape index (κ1) is 29.4. The molecule has 0 bridgehead atoms. The van der Waals surface area contributed by atoms with Crippen LogP contribution in [0, 0.1) is 18.3 Å². The summed E-state index contributed by atoms with van der Waals surface area (Å²) in [6.45, 7) is 4.77. The van der Waals surface area contributed by atoms with Gasteiger partial charge in [0.05, 0.1) is 22.3 Å². The highest BCUT2D eigenvalue weighted by molar-refractivity contribution is 6.47. The molecule has 210 valence electrons. The Morgan fingerprint density at radius 2 is 1.80 bits per heavy atom. The molecule has 12 heteroatoms. The molecule has 0 saturated carbocycles. The summed E-state index contributed by atoms with van der Waals surface area (Å²) in [7, 11) is 0. The number of amides is 3. The Hall–Kier alpha value is -4.59. The summed E-state index contributed by atoms with van der Waals surface area (Å²) >= 11 is 12.8. The normalized spacial score (nSPS) is 12.7. The van der Waals surface area contributed by atoms with Crippen LogP contribution in [0.3, 0.4) is 0 Å². The summed E-state index contributed by atoms with van der Waals surface area (Å²) < 4.78 is 10.6. The van der Waals surface area contributed by atoms with E-state index >= 15 is 0 Å². The number of benzene rings is 3. The highest BCUT2D eigenvalue weighted by Gasteiger charge is 2.25. The van der Waals surface area contributed by atoms with Crippen LogP contribution in [0.15, 0.2) is 59.7 Å². The number of alkyl carbamates (subject to hydrolysis) is 1. The fourth-order valence-electron chi connectivity index (χ4n) is 4.05. The van der Waals surface area contributed by atoms with Crippen molar-refractivity contribution in [1.29, 1.82) is 5.26 Å². The molecule has 41 heavy (non-hydrogen) atoms. The lowest BCUT2D eigenvalue weighted by Crippen LogP contribution is -2.37. The zero-order valence-electron chi connectivity index (χ0n) is 22.2. The van der Waals surface area contributed by atoms with Gasteiger partial charge in [-0.25, -0.2) is 4.79 Å². The molecular weight excluding hydrogens is 569 g/mol. The van der Waals surface area contributed by atoms with Crippen LogP contribution in [-0.2, 0) is 22.5 Å². The number of ether oxygens (including phenoxy) is 2. The van der Waals surface area contributed by atoms with E-state index in [0.29, 0.717) is 30.8 Å². The molecule has 0 spiro atoms. The number of aryl methyl sites for hydroxylation is 1. The summed E-state index contributed by atoms with van der Waals surface area (Å²) in [5.74, 6) is -0.460. The second-order valence-corrected chi connectivity index (χ2v) is 9.83. The molecular formula is C29H25Cl2N5O5. The molecule has 1 aliphatic rings. The third kappa shape index (κ3) is 7.33. The van der Waals surface area contributed by atoms with Crippen molar-refractivity contribution in [2.24, 2.45) is 5.10 Å². The standard InChI is InChI=1S/C29H25Cl2N5O5/c1-3-40-29(39)33-27(37)25(15-32)35-34-20-13-23(30)26(24(31)14-20)41-21-8-9-22-19(12-21)10-11-36(28(22)38)16-18-6-4-17(2)5-7-18/h4-9,12-14,34H,3,10-11,16H2,1-2H3,(H,33,37,39). The van der Waals surface area contributed by atoms with Crippen molar-refractivity contribution in [1.82, 2.24) is 10.2 Å². The van der Waals surface area contributed by atoms with Crippen molar-refractivity contribution < 1.29 is 23.9 Å². The molecule has 0 saturated heterocycles. The molecule has 0 atom stereocenters. The Morgan fingerprint density at radius 3 is 2.46 bits per heavy atom. The zero-order chi connectivity index (χ0) is 29.5. The number of nitrogens with zero attached hydrogens (tertiary/aromatic N) is 3. The van der Waals surface area contributed by atoms with E-state index in [4.69, 9.17) is 27.9 Å². The Balaban J connectivity index is 1.44. The van der Waals surface area contributed by atoms with E-state index in [9.17, 15) is 19.6 Å². The number of halogens is 2. The van der Waals surface area contributed by atoms with E-state index in [2.05, 4.69) is 15.3 Å². The summed E-state index contributed by atoms with van der Waals surface area (Å²) in [5.41, 5.74) is 5.87. The van der Waals surface area contributed by atoms with Crippen molar-refractivity contribution in [3.63, 3.8) is 0 Å². The first-order valence-corrected chi connectivity index (χ1v) is 13.3. The van der Waals surface area contributed by atoms with Crippen molar-refractivity contribution >= 4 is 52.5 Å². The van der Waals surface area contributed by atoms with Crippen molar-refractivity contribution in [2.45, 2.75) is 26.8 Å². The van der Waals surface area contributed by atoms with Crippen LogP contribution in [0.4, 0.5) is 10.5 Å². The molecule has 1 heterocycles. The Bertz CT molecular complexity index is 1540. The number of hydrazone groups is 1. The molecule has 0 unspecified atom stereocenters. The SMILES string of the molecule is CCOC(=O)NC(=O)C(C#N)=NNc1cc(Cl)c(Oc2ccc3c(c2)CCN(Cc2ccc(C)cc2)C3=O)c(Cl)c1. The molecule has 3 amide bonds. The van der Waals surface area contributed by atoms with Crippen molar-refractivity contribution in [3.05, 3.63) is 86.9 Å². The summed E-state index contributed by atoms with van der Waals surface area (Å²) in [5, 5.41) is 15.0. The van der Waals surface area contributed by atoms with Gasteiger partial charge in [-0.2, -0.15) is 10.4 Å². The van der Waals surface area contributed by atoms with Gasteiger partial charge in [-0.05, 0) is 61.7 Å². The highest BCUT2D eigenvalue weighted by Crippen LogP contribution is 2.39. The van der Waals surface area contributed by atoms with E-state index in [0.717, 1.165) is 11.1 Å². The fraction of sp³-hybridized carbons (Fsp3) is 0.207. The minimum Gasteiger partial charge on any atom is -0.454 e. The average molecular weight is 594 g/mol. The van der Waals surface area contributed by atoms with Gasteiger partial charge in [0, 0.05) is 18.7 Å². The number of hydrogen-bond acceptors (Lipinski definition) is 8. The maximum Gasteiger partial charge on any atom is 0.414 e. The number of fused-ring (bicyclic) bond motifs is 1. The summed E-state index contributed by atoms with van der Waals surface area (Å²) in [6.07, 6.45) is -0.337. The van der Waals surface area contributed by atoms with E-state index in [1.807, 2.05) is 41.4 Å². The Labute approximate surface area is 246 Å². The van der Waals surface area contributed by atoms with E-state index < -0.39 is 17.7 Å². The van der Waals surface area contributed by atoms with E-state index in [1.165, 1.54) is 17.7 Å². The lowest BCUT2D eigenvalue weighted by molar-refractivity contribution is -0.114. The van der Waals surface area contributed by atoms with Gasteiger partial charge in [-0.15, -0.1) is 0 Å². The molecule has 0 aromatic heterocycles. The molecule has 10 nitrogen and oxygen atoms in total. The lowest BCUT2D eigenvalue weighted by atomic mass is 9.98. The lowest BCUT2D eigenvalue weighted by Gasteiger charge is -2.29. The minimum atomic E-state index is -1.04. The van der Waals surface area contributed by atoms with Crippen LogP contribution >= 0.6 is 23.2 Å². The van der Waals surface area contributed by atoms with Gasteiger partial charge < -0.3 is 14.4 Å². The summed E-state index contributed by atoms with van der Waals surface area (Å²) in [6, 6.07) is 17.8. The molecule has 0 fully saturated rings. The van der Waals surface area contributed by atoms with Crippen LogP contribution in [0.25, 0.3) is 0 Å². The van der Waals surface area contributed by atoms with Gasteiger partial charge >= 0.3 is 6.09 Å². The molecule has 4 rings (SSSR count). The van der Waals surface area contributed by atoms with Gasteiger partial charge in [-0.1, -0.05) is 53.0 Å². The maximum absolute atomic E-state index is 13.1. The first-order chi connectivity index (χ1) is 19.7.